The molecule has 0 spiro atoms. The number of anilines is 1. The van der Waals surface area contributed by atoms with Gasteiger partial charge in [-0.1, -0.05) is 42.5 Å². The highest BCUT2D eigenvalue weighted by molar-refractivity contribution is 7.91. The van der Waals surface area contributed by atoms with Gasteiger partial charge in [0.05, 0.1) is 24.1 Å². The summed E-state index contributed by atoms with van der Waals surface area (Å²) in [5.41, 5.74) is 2.94. The maximum atomic E-state index is 12.9. The van der Waals surface area contributed by atoms with Crippen molar-refractivity contribution in [3.8, 4) is 0 Å². The SMILES string of the molecule is Cc1cccc(N2C(=O)CN(Cc3ccccc3)C3CS(=O)(=O)CC32)c1. The minimum absolute atomic E-state index is 0.0304. The van der Waals surface area contributed by atoms with E-state index < -0.39 is 9.84 Å². The molecule has 6 heteroatoms. The first-order valence-corrected chi connectivity index (χ1v) is 10.6. The fourth-order valence-electron chi connectivity index (χ4n) is 4.06. The van der Waals surface area contributed by atoms with E-state index in [0.29, 0.717) is 6.54 Å². The molecule has 0 N–H and O–H groups in total. The average Bonchev–Trinajstić information content (AvgIpc) is 2.91. The number of carbonyl (C=O) groups is 1. The molecule has 2 atom stereocenters. The van der Waals surface area contributed by atoms with Crippen LogP contribution in [0.4, 0.5) is 5.69 Å². The van der Waals surface area contributed by atoms with E-state index in [4.69, 9.17) is 0 Å². The van der Waals surface area contributed by atoms with Gasteiger partial charge in [-0.05, 0) is 30.2 Å². The molecular formula is C20H22N2O3S. The van der Waals surface area contributed by atoms with Gasteiger partial charge in [0.25, 0.3) is 0 Å². The number of carbonyl (C=O) groups excluding carboxylic acids is 1. The summed E-state index contributed by atoms with van der Waals surface area (Å²) in [6.07, 6.45) is 0. The van der Waals surface area contributed by atoms with Crippen molar-refractivity contribution < 1.29 is 13.2 Å². The van der Waals surface area contributed by atoms with E-state index in [2.05, 4.69) is 0 Å². The summed E-state index contributed by atoms with van der Waals surface area (Å²) in [6.45, 7) is 2.80. The van der Waals surface area contributed by atoms with Gasteiger partial charge in [-0.15, -0.1) is 0 Å². The van der Waals surface area contributed by atoms with E-state index in [0.717, 1.165) is 16.8 Å². The summed E-state index contributed by atoms with van der Waals surface area (Å²) in [5.74, 6) is 0.104. The van der Waals surface area contributed by atoms with E-state index in [1.165, 1.54) is 0 Å². The number of fused-ring (bicyclic) bond motifs is 1. The first-order chi connectivity index (χ1) is 12.4. The molecule has 2 saturated heterocycles. The molecule has 1 amide bonds. The molecule has 2 aromatic carbocycles. The Morgan fingerprint density at radius 2 is 1.73 bits per heavy atom. The van der Waals surface area contributed by atoms with Gasteiger partial charge in [0.15, 0.2) is 9.84 Å². The Hall–Kier alpha value is -2.18. The van der Waals surface area contributed by atoms with Gasteiger partial charge in [-0.2, -0.15) is 0 Å². The van der Waals surface area contributed by atoms with E-state index in [9.17, 15) is 13.2 Å². The third kappa shape index (κ3) is 3.27. The monoisotopic (exact) mass is 370 g/mol. The summed E-state index contributed by atoms with van der Waals surface area (Å²) >= 11 is 0. The number of benzene rings is 2. The smallest absolute Gasteiger partial charge is 0.241 e. The molecule has 2 heterocycles. The van der Waals surface area contributed by atoms with Crippen molar-refractivity contribution in [2.24, 2.45) is 0 Å². The van der Waals surface area contributed by atoms with Crippen LogP contribution in [-0.2, 0) is 21.2 Å². The molecule has 2 aromatic rings. The van der Waals surface area contributed by atoms with Gasteiger partial charge in [0.2, 0.25) is 5.91 Å². The van der Waals surface area contributed by atoms with E-state index in [-0.39, 0.29) is 36.0 Å². The van der Waals surface area contributed by atoms with E-state index in [1.54, 1.807) is 4.90 Å². The molecule has 5 nitrogen and oxygen atoms in total. The maximum Gasteiger partial charge on any atom is 0.241 e. The summed E-state index contributed by atoms with van der Waals surface area (Å²) in [4.78, 5) is 16.7. The highest BCUT2D eigenvalue weighted by Crippen LogP contribution is 2.32. The normalized spacial score (nSPS) is 25.3. The number of nitrogens with zero attached hydrogens (tertiary/aromatic N) is 2. The third-order valence-electron chi connectivity index (χ3n) is 5.21. The number of hydrogen-bond acceptors (Lipinski definition) is 4. The van der Waals surface area contributed by atoms with Crippen LogP contribution in [0.25, 0.3) is 0 Å². The first kappa shape index (κ1) is 17.2. The lowest BCUT2D eigenvalue weighted by molar-refractivity contribution is -0.123. The Balaban J connectivity index is 1.68. The van der Waals surface area contributed by atoms with Gasteiger partial charge >= 0.3 is 0 Å². The molecule has 0 radical (unpaired) electrons. The van der Waals surface area contributed by atoms with Crippen LogP contribution >= 0.6 is 0 Å². The molecule has 136 valence electrons. The van der Waals surface area contributed by atoms with Crippen molar-refractivity contribution in [2.45, 2.75) is 25.6 Å². The molecule has 0 aromatic heterocycles. The second kappa shape index (κ2) is 6.52. The van der Waals surface area contributed by atoms with Crippen LogP contribution in [0.5, 0.6) is 0 Å². The molecule has 0 bridgehead atoms. The lowest BCUT2D eigenvalue weighted by Gasteiger charge is -2.43. The largest absolute Gasteiger partial charge is 0.306 e. The predicted octanol–water partition coefficient (Wildman–Crippen LogP) is 2.01. The Kier molecular flexibility index (Phi) is 4.32. The number of hydrogen-bond donors (Lipinski definition) is 0. The highest BCUT2D eigenvalue weighted by Gasteiger charge is 2.49. The maximum absolute atomic E-state index is 12.9. The van der Waals surface area contributed by atoms with Crippen molar-refractivity contribution in [3.05, 3.63) is 65.7 Å². The number of rotatable bonds is 3. The van der Waals surface area contributed by atoms with E-state index in [1.807, 2.05) is 66.4 Å². The fourth-order valence-corrected chi connectivity index (χ4v) is 6.04. The zero-order chi connectivity index (χ0) is 18.3. The minimum Gasteiger partial charge on any atom is -0.306 e. The number of piperazine rings is 1. The van der Waals surface area contributed by atoms with Crippen molar-refractivity contribution >= 4 is 21.4 Å². The summed E-state index contributed by atoms with van der Waals surface area (Å²) in [5, 5.41) is 0. The van der Waals surface area contributed by atoms with Crippen LogP contribution in [0.2, 0.25) is 0 Å². The molecule has 26 heavy (non-hydrogen) atoms. The van der Waals surface area contributed by atoms with Crippen LogP contribution < -0.4 is 4.90 Å². The Bertz CT molecular complexity index is 927. The fraction of sp³-hybridized carbons (Fsp3) is 0.350. The molecule has 0 aliphatic carbocycles. The second-order valence-corrected chi connectivity index (χ2v) is 9.36. The van der Waals surface area contributed by atoms with Crippen LogP contribution in [0.1, 0.15) is 11.1 Å². The second-order valence-electron chi connectivity index (χ2n) is 7.20. The summed E-state index contributed by atoms with van der Waals surface area (Å²) < 4.78 is 24.8. The molecular weight excluding hydrogens is 348 g/mol. The van der Waals surface area contributed by atoms with Gasteiger partial charge in [-0.3, -0.25) is 9.69 Å². The Morgan fingerprint density at radius 1 is 1.00 bits per heavy atom. The third-order valence-corrected chi connectivity index (χ3v) is 6.91. The van der Waals surface area contributed by atoms with Crippen LogP contribution in [0, 0.1) is 6.92 Å². The minimum atomic E-state index is -3.16. The zero-order valence-electron chi connectivity index (χ0n) is 14.7. The van der Waals surface area contributed by atoms with Crippen molar-refractivity contribution in [1.82, 2.24) is 4.90 Å². The van der Waals surface area contributed by atoms with Crippen molar-refractivity contribution in [2.75, 3.05) is 23.0 Å². The topological polar surface area (TPSA) is 57.7 Å². The zero-order valence-corrected chi connectivity index (χ0v) is 15.5. The summed E-state index contributed by atoms with van der Waals surface area (Å²) in [6, 6.07) is 17.1. The molecule has 2 unspecified atom stereocenters. The molecule has 2 aliphatic heterocycles. The molecule has 2 aliphatic rings. The van der Waals surface area contributed by atoms with Gasteiger partial charge in [-0.25, -0.2) is 8.42 Å². The van der Waals surface area contributed by atoms with E-state index >= 15 is 0 Å². The lowest BCUT2D eigenvalue weighted by atomic mass is 10.0. The lowest BCUT2D eigenvalue weighted by Crippen LogP contribution is -2.61. The van der Waals surface area contributed by atoms with Crippen molar-refractivity contribution in [3.63, 3.8) is 0 Å². The Morgan fingerprint density at radius 3 is 2.46 bits per heavy atom. The average molecular weight is 370 g/mol. The standard InChI is InChI=1S/C20H22N2O3S/c1-15-6-5-9-17(10-15)22-19-14-26(24,25)13-18(19)21(12-20(22)23)11-16-7-3-2-4-8-16/h2-10,18-19H,11-14H2,1H3. The molecule has 0 saturated carbocycles. The van der Waals surface area contributed by atoms with Gasteiger partial charge in [0.1, 0.15) is 0 Å². The quantitative estimate of drug-likeness (QED) is 0.829. The molecule has 4 rings (SSSR count). The molecule has 2 fully saturated rings. The number of aryl methyl sites for hydroxylation is 1. The van der Waals surface area contributed by atoms with Gasteiger partial charge in [0, 0.05) is 18.3 Å². The number of amides is 1. The number of sulfone groups is 1. The van der Waals surface area contributed by atoms with Crippen LogP contribution in [0.15, 0.2) is 54.6 Å². The predicted molar refractivity (Wildman–Crippen MR) is 102 cm³/mol. The van der Waals surface area contributed by atoms with Gasteiger partial charge < -0.3 is 4.90 Å². The van der Waals surface area contributed by atoms with Crippen LogP contribution in [0.3, 0.4) is 0 Å². The van der Waals surface area contributed by atoms with Crippen LogP contribution in [-0.4, -0.2) is 49.4 Å². The highest BCUT2D eigenvalue weighted by atomic mass is 32.2. The van der Waals surface area contributed by atoms with Crippen molar-refractivity contribution in [1.29, 1.82) is 0 Å². The summed E-state index contributed by atoms with van der Waals surface area (Å²) in [7, 11) is -3.16. The Labute approximate surface area is 154 Å². The first-order valence-electron chi connectivity index (χ1n) is 8.80.